The van der Waals surface area contributed by atoms with E-state index in [-0.39, 0.29) is 0 Å². The van der Waals surface area contributed by atoms with E-state index in [1.54, 1.807) is 0 Å². The fourth-order valence-electron chi connectivity index (χ4n) is 3.27. The van der Waals surface area contributed by atoms with Gasteiger partial charge in [0.1, 0.15) is 0 Å². The SMILES string of the molecule is Cn1cc(-c2cnc3c(NC4CC4)nc(C4=CCCNC4)cn23)cn1. The van der Waals surface area contributed by atoms with Gasteiger partial charge in [0.15, 0.2) is 11.5 Å². The summed E-state index contributed by atoms with van der Waals surface area (Å²) in [5, 5.41) is 11.3. The van der Waals surface area contributed by atoms with E-state index in [1.165, 1.54) is 18.4 Å². The quantitative estimate of drug-likeness (QED) is 0.764. The second kappa shape index (κ2) is 5.70. The van der Waals surface area contributed by atoms with E-state index in [0.717, 1.165) is 47.9 Å². The van der Waals surface area contributed by atoms with Crippen LogP contribution in [0, 0.1) is 0 Å². The van der Waals surface area contributed by atoms with Gasteiger partial charge in [-0.3, -0.25) is 9.08 Å². The third-order valence-corrected chi connectivity index (χ3v) is 4.77. The summed E-state index contributed by atoms with van der Waals surface area (Å²) in [6.45, 7) is 1.89. The van der Waals surface area contributed by atoms with Crippen LogP contribution in [0.1, 0.15) is 25.0 Å². The molecule has 2 aliphatic rings. The molecule has 7 nitrogen and oxygen atoms in total. The van der Waals surface area contributed by atoms with Crippen molar-refractivity contribution in [2.24, 2.45) is 7.05 Å². The number of aryl methyl sites for hydroxylation is 1. The molecule has 0 radical (unpaired) electrons. The Hall–Kier alpha value is -2.67. The predicted molar refractivity (Wildman–Crippen MR) is 97.3 cm³/mol. The lowest BCUT2D eigenvalue weighted by Gasteiger charge is -2.16. The first-order chi connectivity index (χ1) is 12.3. The van der Waals surface area contributed by atoms with Gasteiger partial charge in [0, 0.05) is 37.6 Å². The van der Waals surface area contributed by atoms with Gasteiger partial charge in [0.25, 0.3) is 0 Å². The molecule has 0 atom stereocenters. The zero-order valence-corrected chi connectivity index (χ0v) is 14.2. The lowest BCUT2D eigenvalue weighted by Crippen LogP contribution is -2.22. The molecule has 0 aromatic carbocycles. The van der Waals surface area contributed by atoms with Crippen LogP contribution >= 0.6 is 0 Å². The van der Waals surface area contributed by atoms with Crippen LogP contribution in [0.25, 0.3) is 22.5 Å². The Morgan fingerprint density at radius 2 is 2.16 bits per heavy atom. The molecule has 0 unspecified atom stereocenters. The van der Waals surface area contributed by atoms with Crippen molar-refractivity contribution in [1.29, 1.82) is 0 Å². The van der Waals surface area contributed by atoms with Crippen LogP contribution < -0.4 is 10.6 Å². The molecule has 5 rings (SSSR count). The first-order valence-electron chi connectivity index (χ1n) is 8.82. The van der Waals surface area contributed by atoms with Gasteiger partial charge in [0.05, 0.1) is 23.8 Å². The monoisotopic (exact) mass is 335 g/mol. The van der Waals surface area contributed by atoms with Gasteiger partial charge in [-0.25, -0.2) is 9.97 Å². The second-order valence-corrected chi connectivity index (χ2v) is 6.83. The topological polar surface area (TPSA) is 72.1 Å². The molecule has 2 N–H and O–H groups in total. The molecule has 1 aliphatic carbocycles. The summed E-state index contributed by atoms with van der Waals surface area (Å²) in [5.41, 5.74) is 5.22. The van der Waals surface area contributed by atoms with Crippen molar-refractivity contribution in [3.63, 3.8) is 0 Å². The average Bonchev–Trinajstić information content (AvgIpc) is 3.18. The van der Waals surface area contributed by atoms with Crippen molar-refractivity contribution >= 4 is 17.0 Å². The summed E-state index contributed by atoms with van der Waals surface area (Å²) in [7, 11) is 1.93. The molecule has 4 heterocycles. The summed E-state index contributed by atoms with van der Waals surface area (Å²) in [6, 6.07) is 0.531. The van der Waals surface area contributed by atoms with Crippen molar-refractivity contribution in [3.05, 3.63) is 36.6 Å². The van der Waals surface area contributed by atoms with Gasteiger partial charge < -0.3 is 10.6 Å². The number of nitrogens with zero attached hydrogens (tertiary/aromatic N) is 5. The van der Waals surface area contributed by atoms with Crippen LogP contribution in [-0.2, 0) is 7.05 Å². The molecule has 3 aromatic rings. The first kappa shape index (κ1) is 14.7. The number of anilines is 1. The minimum atomic E-state index is 0.531. The predicted octanol–water partition coefficient (Wildman–Crippen LogP) is 2.08. The molecule has 25 heavy (non-hydrogen) atoms. The average molecular weight is 335 g/mol. The minimum Gasteiger partial charge on any atom is -0.364 e. The Labute approximate surface area is 145 Å². The van der Waals surface area contributed by atoms with Crippen molar-refractivity contribution in [2.75, 3.05) is 18.4 Å². The third kappa shape index (κ3) is 2.70. The number of hydrogen-bond acceptors (Lipinski definition) is 5. The third-order valence-electron chi connectivity index (χ3n) is 4.77. The van der Waals surface area contributed by atoms with Gasteiger partial charge in [-0.2, -0.15) is 5.10 Å². The molecular formula is C18H21N7. The van der Waals surface area contributed by atoms with E-state index in [1.807, 2.05) is 30.3 Å². The molecule has 7 heteroatoms. The number of hydrogen-bond donors (Lipinski definition) is 2. The van der Waals surface area contributed by atoms with Gasteiger partial charge in [-0.1, -0.05) is 6.08 Å². The van der Waals surface area contributed by atoms with E-state index in [9.17, 15) is 0 Å². The van der Waals surface area contributed by atoms with Crippen LogP contribution in [-0.4, -0.2) is 43.3 Å². The summed E-state index contributed by atoms with van der Waals surface area (Å²) in [6.07, 6.45) is 13.6. The van der Waals surface area contributed by atoms with Crippen LogP contribution in [0.5, 0.6) is 0 Å². The molecule has 0 bridgehead atoms. The molecule has 1 fully saturated rings. The zero-order chi connectivity index (χ0) is 16.8. The van der Waals surface area contributed by atoms with Crippen LogP contribution in [0.4, 0.5) is 5.82 Å². The van der Waals surface area contributed by atoms with Crippen molar-refractivity contribution < 1.29 is 0 Å². The number of nitrogens with one attached hydrogen (secondary N) is 2. The Kier molecular flexibility index (Phi) is 3.34. The highest BCUT2D eigenvalue weighted by Gasteiger charge is 2.24. The Morgan fingerprint density at radius 3 is 2.88 bits per heavy atom. The highest BCUT2D eigenvalue weighted by molar-refractivity contribution is 5.74. The molecule has 1 saturated carbocycles. The minimum absolute atomic E-state index is 0.531. The maximum atomic E-state index is 4.89. The summed E-state index contributed by atoms with van der Waals surface area (Å²) >= 11 is 0. The van der Waals surface area contributed by atoms with Crippen LogP contribution in [0.3, 0.4) is 0 Å². The molecule has 128 valence electrons. The van der Waals surface area contributed by atoms with Crippen LogP contribution in [0.2, 0.25) is 0 Å². The number of aromatic nitrogens is 5. The lowest BCUT2D eigenvalue weighted by molar-refractivity contribution is 0.736. The van der Waals surface area contributed by atoms with E-state index in [0.29, 0.717) is 6.04 Å². The Balaban J connectivity index is 1.68. The largest absolute Gasteiger partial charge is 0.364 e. The smallest absolute Gasteiger partial charge is 0.180 e. The van der Waals surface area contributed by atoms with Crippen molar-refractivity contribution in [2.45, 2.75) is 25.3 Å². The van der Waals surface area contributed by atoms with E-state index in [4.69, 9.17) is 4.98 Å². The first-order valence-corrected chi connectivity index (χ1v) is 8.82. The van der Waals surface area contributed by atoms with Crippen molar-refractivity contribution in [1.82, 2.24) is 29.5 Å². The van der Waals surface area contributed by atoms with Crippen LogP contribution in [0.15, 0.2) is 30.9 Å². The molecular weight excluding hydrogens is 314 g/mol. The molecule has 1 aliphatic heterocycles. The van der Waals surface area contributed by atoms with E-state index in [2.05, 4.69) is 37.4 Å². The zero-order valence-electron chi connectivity index (χ0n) is 14.2. The lowest BCUT2D eigenvalue weighted by atomic mass is 10.1. The summed E-state index contributed by atoms with van der Waals surface area (Å²) in [5.74, 6) is 0.876. The maximum Gasteiger partial charge on any atom is 0.180 e. The van der Waals surface area contributed by atoms with E-state index >= 15 is 0 Å². The molecule has 3 aromatic heterocycles. The standard InChI is InChI=1S/C18H21N7/c1-24-10-13(8-21-24)16-9-20-18-17(22-14-4-5-14)23-15(11-25(16)18)12-3-2-6-19-7-12/h3,8-11,14,19H,2,4-7H2,1H3,(H,22,23). The Bertz CT molecular complexity index is 961. The fourth-order valence-corrected chi connectivity index (χ4v) is 3.27. The molecule has 0 saturated heterocycles. The summed E-state index contributed by atoms with van der Waals surface area (Å²) < 4.78 is 3.95. The van der Waals surface area contributed by atoms with Gasteiger partial charge >= 0.3 is 0 Å². The van der Waals surface area contributed by atoms with Gasteiger partial charge in [-0.05, 0) is 31.4 Å². The summed E-state index contributed by atoms with van der Waals surface area (Å²) in [4.78, 5) is 9.53. The van der Waals surface area contributed by atoms with Gasteiger partial charge in [-0.15, -0.1) is 0 Å². The normalized spacial score (nSPS) is 17.7. The number of imidazole rings is 1. The highest BCUT2D eigenvalue weighted by atomic mass is 15.2. The Morgan fingerprint density at radius 1 is 1.24 bits per heavy atom. The van der Waals surface area contributed by atoms with E-state index < -0.39 is 0 Å². The molecule has 0 amide bonds. The maximum absolute atomic E-state index is 4.89. The highest BCUT2D eigenvalue weighted by Crippen LogP contribution is 2.30. The molecule has 0 spiro atoms. The van der Waals surface area contributed by atoms with Gasteiger partial charge in [0.2, 0.25) is 0 Å². The number of fused-ring (bicyclic) bond motifs is 1. The van der Waals surface area contributed by atoms with Crippen molar-refractivity contribution in [3.8, 4) is 11.3 Å². The fraction of sp³-hybridized carbons (Fsp3) is 0.389. The second-order valence-electron chi connectivity index (χ2n) is 6.83. The number of rotatable bonds is 4.